The van der Waals surface area contributed by atoms with Crippen molar-refractivity contribution < 1.29 is 31.1 Å². The molecule has 0 N–H and O–H groups in total. The van der Waals surface area contributed by atoms with E-state index in [2.05, 4.69) is 16.4 Å². The van der Waals surface area contributed by atoms with Crippen molar-refractivity contribution in [2.75, 3.05) is 0 Å². The average molecular weight is 332 g/mol. The molecular formula is C5H6N2U. The third-order valence-electron chi connectivity index (χ3n) is 0.875. The van der Waals surface area contributed by atoms with Crippen molar-refractivity contribution in [3.8, 4) is 0 Å². The summed E-state index contributed by atoms with van der Waals surface area (Å²) in [5.74, 6) is 0.562. The topological polar surface area (TPSA) is 24.7 Å². The van der Waals surface area contributed by atoms with Crippen molar-refractivity contribution >= 4 is 12.9 Å². The predicted octanol–water partition coefficient (Wildman–Crippen LogP) is 0.837. The van der Waals surface area contributed by atoms with Gasteiger partial charge in [-0.3, -0.25) is 0 Å². The summed E-state index contributed by atoms with van der Waals surface area (Å²) in [5, 5.41) is 6.42. The summed E-state index contributed by atoms with van der Waals surface area (Å²) in [5.41, 5.74) is 0. The van der Waals surface area contributed by atoms with E-state index in [4.69, 9.17) is 6.72 Å². The van der Waals surface area contributed by atoms with Gasteiger partial charge in [0.1, 0.15) is 0 Å². The molecule has 1 aliphatic rings. The molecule has 1 fully saturated rings. The molecular weight excluding hydrogens is 326 g/mol. The van der Waals surface area contributed by atoms with Gasteiger partial charge in [0.2, 0.25) is 0 Å². The van der Waals surface area contributed by atoms with Crippen LogP contribution in [0.1, 0.15) is 12.8 Å². The molecule has 3 heteroatoms. The molecule has 0 amide bonds. The standard InChI is InChI=1S/C5H6N2.U/c1-6-7-4-5-2-3-5;/h1,5H,2-3H2;/q-2;+2. The van der Waals surface area contributed by atoms with Crippen LogP contribution in [0.2, 0.25) is 0 Å². The van der Waals surface area contributed by atoms with Gasteiger partial charge in [-0.05, 0) is 0 Å². The smallest absolute Gasteiger partial charge is 0.417 e. The molecule has 1 saturated carbocycles. The van der Waals surface area contributed by atoms with Gasteiger partial charge in [-0.1, -0.05) is 12.8 Å². The number of hydrogen-bond donors (Lipinski definition) is 0. The maximum absolute atomic E-state index is 4.70. The molecule has 40 valence electrons. The van der Waals surface area contributed by atoms with Gasteiger partial charge in [0.25, 0.3) is 0 Å². The predicted molar refractivity (Wildman–Crippen MR) is 28.7 cm³/mol. The Hall–Kier alpha value is 0.392. The monoisotopic (exact) mass is 332 g/mol. The second kappa shape index (κ2) is 4.29. The molecule has 8 heavy (non-hydrogen) atoms. The van der Waals surface area contributed by atoms with Crippen LogP contribution in [0.15, 0.2) is 10.2 Å². The Morgan fingerprint density at radius 2 is 2.12 bits per heavy atom. The van der Waals surface area contributed by atoms with E-state index in [1.165, 1.54) is 12.8 Å². The van der Waals surface area contributed by atoms with Crippen LogP contribution in [-0.4, -0.2) is 12.9 Å². The van der Waals surface area contributed by atoms with Crippen molar-refractivity contribution in [3.05, 3.63) is 0 Å². The summed E-state index contributed by atoms with van der Waals surface area (Å²) in [4.78, 5) is 0. The van der Waals surface area contributed by atoms with Gasteiger partial charge >= 0.3 is 31.1 Å². The summed E-state index contributed by atoms with van der Waals surface area (Å²) >= 11 is 0. The molecule has 0 atom stereocenters. The largest absolute Gasteiger partial charge is 2.00 e. The van der Waals surface area contributed by atoms with Crippen LogP contribution < -0.4 is 0 Å². The Morgan fingerprint density at radius 1 is 1.50 bits per heavy atom. The quantitative estimate of drug-likeness (QED) is 0.407. The summed E-state index contributed by atoms with van der Waals surface area (Å²) in [7, 11) is 0. The van der Waals surface area contributed by atoms with E-state index in [0.717, 1.165) is 0 Å². The molecule has 0 aromatic heterocycles. The molecule has 0 spiro atoms. The molecule has 0 radical (unpaired) electrons. The Labute approximate surface area is 72.8 Å². The summed E-state index contributed by atoms with van der Waals surface area (Å²) in [6, 6.07) is 0. The zero-order valence-electron chi connectivity index (χ0n) is 4.46. The maximum Gasteiger partial charge on any atom is 2.00 e. The fourth-order valence-corrected chi connectivity index (χ4v) is 0.327. The number of nitrogens with zero attached hydrogens (tertiary/aromatic N) is 2. The molecule has 0 heterocycles. The first-order valence-electron chi connectivity index (χ1n) is 2.29. The fraction of sp³-hybridized carbons (Fsp3) is 0.600. The van der Waals surface area contributed by atoms with Crippen molar-refractivity contribution in [2.24, 2.45) is 16.1 Å². The van der Waals surface area contributed by atoms with Crippen LogP contribution in [0.3, 0.4) is 0 Å². The van der Waals surface area contributed by atoms with Gasteiger partial charge in [0, 0.05) is 0 Å². The Balaban J connectivity index is 0.000000490. The van der Waals surface area contributed by atoms with Crippen LogP contribution in [0.5, 0.6) is 0 Å². The maximum atomic E-state index is 4.70. The van der Waals surface area contributed by atoms with E-state index in [9.17, 15) is 0 Å². The van der Waals surface area contributed by atoms with E-state index in [1.54, 1.807) is 0 Å². The first-order chi connectivity index (χ1) is 3.43. The summed E-state index contributed by atoms with van der Waals surface area (Å²) in [6.45, 7) is 4.70. The minimum absolute atomic E-state index is 0. The van der Waals surface area contributed by atoms with E-state index in [1.807, 2.05) is 0 Å². The second-order valence-electron chi connectivity index (χ2n) is 1.62. The Morgan fingerprint density at radius 3 is 2.50 bits per heavy atom. The van der Waals surface area contributed by atoms with Gasteiger partial charge < -0.3 is 23.1 Å². The van der Waals surface area contributed by atoms with Crippen molar-refractivity contribution in [1.82, 2.24) is 0 Å². The molecule has 0 bridgehead atoms. The van der Waals surface area contributed by atoms with Gasteiger partial charge in [0.15, 0.2) is 0 Å². The molecule has 1 aliphatic carbocycles. The fourth-order valence-electron chi connectivity index (χ4n) is 0.327. The van der Waals surface area contributed by atoms with Gasteiger partial charge in [0.05, 0.1) is 0 Å². The van der Waals surface area contributed by atoms with Gasteiger partial charge in [-0.2, -0.15) is 5.92 Å². The van der Waals surface area contributed by atoms with Gasteiger partial charge in [-0.25, -0.2) is 0 Å². The van der Waals surface area contributed by atoms with Crippen LogP contribution in [0.4, 0.5) is 0 Å². The minimum atomic E-state index is 0. The summed E-state index contributed by atoms with van der Waals surface area (Å²) in [6.07, 6.45) is 5.15. The third-order valence-corrected chi connectivity index (χ3v) is 0.875. The van der Waals surface area contributed by atoms with Gasteiger partial charge in [-0.15, -0.1) is 0 Å². The zero-order chi connectivity index (χ0) is 5.11. The Kier molecular flexibility index (Phi) is 4.50. The SMILES string of the molecule is [CH-]=NN=[C-]C1CC1.[U+2]. The average Bonchev–Trinajstić information content (AvgIpc) is 2.42. The van der Waals surface area contributed by atoms with Crippen LogP contribution >= 0.6 is 0 Å². The minimum Gasteiger partial charge on any atom is -0.417 e. The van der Waals surface area contributed by atoms with Crippen molar-refractivity contribution in [2.45, 2.75) is 12.8 Å². The van der Waals surface area contributed by atoms with E-state index < -0.39 is 0 Å². The molecule has 2 nitrogen and oxygen atoms in total. The number of rotatable bonds is 2. The molecule has 0 saturated heterocycles. The van der Waals surface area contributed by atoms with Crippen LogP contribution in [0.25, 0.3) is 0 Å². The summed E-state index contributed by atoms with van der Waals surface area (Å²) < 4.78 is 0. The van der Waals surface area contributed by atoms with E-state index in [-0.39, 0.29) is 31.1 Å². The zero-order valence-corrected chi connectivity index (χ0v) is 8.63. The molecule has 0 aromatic carbocycles. The molecule has 0 unspecified atom stereocenters. The molecule has 1 rings (SSSR count). The van der Waals surface area contributed by atoms with Crippen molar-refractivity contribution in [1.29, 1.82) is 0 Å². The first-order valence-corrected chi connectivity index (χ1v) is 2.29. The third kappa shape index (κ3) is 3.40. The first kappa shape index (κ1) is 8.39. The molecule has 0 aliphatic heterocycles. The Bertz CT molecular complexity index is 96.6. The van der Waals surface area contributed by atoms with Crippen molar-refractivity contribution in [3.63, 3.8) is 0 Å². The second-order valence-corrected chi connectivity index (χ2v) is 1.62. The van der Waals surface area contributed by atoms with Crippen LogP contribution in [0, 0.1) is 37.0 Å². The normalized spacial score (nSPS) is 18.0. The molecule has 0 aromatic rings. The van der Waals surface area contributed by atoms with E-state index >= 15 is 0 Å². The number of hydrogen-bond acceptors (Lipinski definition) is 2. The van der Waals surface area contributed by atoms with E-state index in [0.29, 0.717) is 5.92 Å². The van der Waals surface area contributed by atoms with Crippen LogP contribution in [-0.2, 0) is 0 Å².